The Balaban J connectivity index is 2.22. The molecule has 2 N–H and O–H groups in total. The van der Waals surface area contributed by atoms with Gasteiger partial charge < -0.3 is 15.3 Å². The summed E-state index contributed by atoms with van der Waals surface area (Å²) in [7, 11) is 0. The lowest BCUT2D eigenvalue weighted by molar-refractivity contribution is -0.139. The van der Waals surface area contributed by atoms with Gasteiger partial charge in [0, 0.05) is 33.0 Å². The Morgan fingerprint density at radius 1 is 1.00 bits per heavy atom. The number of amides is 2. The normalized spacial score (nSPS) is 11.6. The van der Waals surface area contributed by atoms with Crippen molar-refractivity contribution >= 4 is 11.8 Å². The minimum Gasteiger partial charge on any atom is -0.396 e. The molecule has 0 heterocycles. The van der Waals surface area contributed by atoms with Crippen LogP contribution in [0, 0.1) is 0 Å². The number of rotatable bonds is 9. The lowest BCUT2D eigenvalue weighted by Crippen LogP contribution is -2.50. The molecule has 0 fully saturated rings. The van der Waals surface area contributed by atoms with Crippen LogP contribution >= 0.6 is 0 Å². The summed E-state index contributed by atoms with van der Waals surface area (Å²) in [4.78, 5) is 26.7. The van der Waals surface area contributed by atoms with Gasteiger partial charge in [0.2, 0.25) is 11.8 Å². The SMILES string of the molecule is CC(=O)N(Cc1ccccc1)C(Cc1ccccc1)C(=O)NCCCO. The molecule has 5 heteroatoms. The number of carbonyl (C=O) groups excluding carboxylic acids is 2. The lowest BCUT2D eigenvalue weighted by atomic mass is 10.0. The molecule has 5 nitrogen and oxygen atoms in total. The van der Waals surface area contributed by atoms with Crippen LogP contribution in [-0.2, 0) is 22.6 Å². The zero-order valence-corrected chi connectivity index (χ0v) is 15.1. The standard InChI is InChI=1S/C21H26N2O3/c1-17(25)23(16-19-11-6-3-7-12-19)20(21(26)22-13-8-14-24)15-18-9-4-2-5-10-18/h2-7,9-12,20,24H,8,13-16H2,1H3,(H,22,26). The first-order valence-electron chi connectivity index (χ1n) is 8.85. The molecule has 0 aliphatic rings. The van der Waals surface area contributed by atoms with Crippen LogP contribution in [0.1, 0.15) is 24.5 Å². The number of hydrogen-bond donors (Lipinski definition) is 2. The van der Waals surface area contributed by atoms with E-state index in [1.54, 1.807) is 4.90 Å². The third kappa shape index (κ3) is 6.01. The largest absolute Gasteiger partial charge is 0.396 e. The molecule has 2 rings (SSSR count). The van der Waals surface area contributed by atoms with Gasteiger partial charge in [0.1, 0.15) is 6.04 Å². The van der Waals surface area contributed by atoms with E-state index in [9.17, 15) is 9.59 Å². The van der Waals surface area contributed by atoms with Gasteiger partial charge >= 0.3 is 0 Å². The molecule has 2 aromatic rings. The van der Waals surface area contributed by atoms with E-state index in [0.29, 0.717) is 25.9 Å². The van der Waals surface area contributed by atoms with Crippen LogP contribution in [0.5, 0.6) is 0 Å². The van der Waals surface area contributed by atoms with Crippen LogP contribution in [0.4, 0.5) is 0 Å². The van der Waals surface area contributed by atoms with Gasteiger partial charge in [-0.05, 0) is 17.5 Å². The van der Waals surface area contributed by atoms with E-state index < -0.39 is 6.04 Å². The van der Waals surface area contributed by atoms with Gasteiger partial charge in [-0.3, -0.25) is 9.59 Å². The molecular formula is C21H26N2O3. The van der Waals surface area contributed by atoms with Crippen LogP contribution < -0.4 is 5.32 Å². The van der Waals surface area contributed by atoms with Gasteiger partial charge in [-0.25, -0.2) is 0 Å². The Hall–Kier alpha value is -2.66. The number of aliphatic hydroxyl groups excluding tert-OH is 1. The molecule has 0 saturated heterocycles. The summed E-state index contributed by atoms with van der Waals surface area (Å²) in [5.41, 5.74) is 1.97. The van der Waals surface area contributed by atoms with Crippen molar-refractivity contribution in [1.29, 1.82) is 0 Å². The van der Waals surface area contributed by atoms with Crippen molar-refractivity contribution in [1.82, 2.24) is 10.2 Å². The van der Waals surface area contributed by atoms with Gasteiger partial charge in [0.15, 0.2) is 0 Å². The van der Waals surface area contributed by atoms with Crippen LogP contribution in [-0.4, -0.2) is 41.0 Å². The first-order chi connectivity index (χ1) is 12.6. The third-order valence-corrected chi connectivity index (χ3v) is 4.19. The van der Waals surface area contributed by atoms with E-state index in [-0.39, 0.29) is 18.4 Å². The molecule has 0 spiro atoms. The van der Waals surface area contributed by atoms with E-state index in [4.69, 9.17) is 5.11 Å². The predicted octanol–water partition coefficient (Wildman–Crippen LogP) is 2.15. The molecule has 26 heavy (non-hydrogen) atoms. The molecule has 0 aromatic heterocycles. The second-order valence-electron chi connectivity index (χ2n) is 6.21. The van der Waals surface area contributed by atoms with Crippen LogP contribution in [0.15, 0.2) is 60.7 Å². The van der Waals surface area contributed by atoms with E-state index in [2.05, 4.69) is 5.32 Å². The van der Waals surface area contributed by atoms with Gasteiger partial charge in [0.25, 0.3) is 0 Å². The topological polar surface area (TPSA) is 69.6 Å². The van der Waals surface area contributed by atoms with Crippen molar-refractivity contribution in [2.75, 3.05) is 13.2 Å². The summed E-state index contributed by atoms with van der Waals surface area (Å²) < 4.78 is 0. The fourth-order valence-corrected chi connectivity index (χ4v) is 2.81. The van der Waals surface area contributed by atoms with E-state index in [1.165, 1.54) is 6.92 Å². The fourth-order valence-electron chi connectivity index (χ4n) is 2.81. The average molecular weight is 354 g/mol. The van der Waals surface area contributed by atoms with Crippen molar-refractivity contribution in [2.24, 2.45) is 0 Å². The summed E-state index contributed by atoms with van der Waals surface area (Å²) in [5.74, 6) is -0.347. The van der Waals surface area contributed by atoms with E-state index >= 15 is 0 Å². The second-order valence-corrected chi connectivity index (χ2v) is 6.21. The quantitative estimate of drug-likeness (QED) is 0.678. The molecule has 0 radical (unpaired) electrons. The van der Waals surface area contributed by atoms with Gasteiger partial charge in [-0.15, -0.1) is 0 Å². The first kappa shape index (κ1) is 19.7. The van der Waals surface area contributed by atoms with Gasteiger partial charge in [-0.2, -0.15) is 0 Å². The van der Waals surface area contributed by atoms with Gasteiger partial charge in [0.05, 0.1) is 0 Å². The molecule has 0 saturated carbocycles. The summed E-state index contributed by atoms with van der Waals surface area (Å²) in [6.07, 6.45) is 0.931. The first-order valence-corrected chi connectivity index (χ1v) is 8.85. The number of carbonyl (C=O) groups is 2. The Bertz CT molecular complexity index is 689. The Morgan fingerprint density at radius 2 is 1.58 bits per heavy atom. The third-order valence-electron chi connectivity index (χ3n) is 4.19. The van der Waals surface area contributed by atoms with Crippen molar-refractivity contribution in [2.45, 2.75) is 32.4 Å². The number of nitrogens with zero attached hydrogens (tertiary/aromatic N) is 1. The highest BCUT2D eigenvalue weighted by atomic mass is 16.3. The minimum atomic E-state index is -0.603. The van der Waals surface area contributed by atoms with Crippen molar-refractivity contribution < 1.29 is 14.7 Å². The predicted molar refractivity (Wildman–Crippen MR) is 101 cm³/mol. The molecule has 1 atom stereocenters. The zero-order chi connectivity index (χ0) is 18.8. The zero-order valence-electron chi connectivity index (χ0n) is 15.1. The summed E-state index contributed by atoms with van der Waals surface area (Å²) in [5, 5.41) is 11.8. The monoisotopic (exact) mass is 354 g/mol. The maximum absolute atomic E-state index is 12.8. The molecule has 0 aliphatic heterocycles. The average Bonchev–Trinajstić information content (AvgIpc) is 2.66. The lowest BCUT2D eigenvalue weighted by Gasteiger charge is -2.30. The van der Waals surface area contributed by atoms with Crippen molar-refractivity contribution in [3.63, 3.8) is 0 Å². The second kappa shape index (κ2) is 10.4. The maximum Gasteiger partial charge on any atom is 0.243 e. The van der Waals surface area contributed by atoms with Crippen LogP contribution in [0.2, 0.25) is 0 Å². The molecular weight excluding hydrogens is 328 g/mol. The Labute approximate surface area is 154 Å². The molecule has 138 valence electrons. The molecule has 2 amide bonds. The maximum atomic E-state index is 12.8. The molecule has 2 aromatic carbocycles. The highest BCUT2D eigenvalue weighted by molar-refractivity contribution is 5.87. The summed E-state index contributed by atoms with van der Waals surface area (Å²) in [6, 6.07) is 18.7. The number of aliphatic hydroxyl groups is 1. The van der Waals surface area contributed by atoms with Crippen molar-refractivity contribution in [3.8, 4) is 0 Å². The highest BCUT2D eigenvalue weighted by Crippen LogP contribution is 2.14. The van der Waals surface area contributed by atoms with Crippen LogP contribution in [0.25, 0.3) is 0 Å². The highest BCUT2D eigenvalue weighted by Gasteiger charge is 2.28. The summed E-state index contributed by atoms with van der Waals surface area (Å²) >= 11 is 0. The summed E-state index contributed by atoms with van der Waals surface area (Å²) in [6.45, 7) is 2.27. The van der Waals surface area contributed by atoms with E-state index in [0.717, 1.165) is 11.1 Å². The fraction of sp³-hybridized carbons (Fsp3) is 0.333. The molecule has 0 bridgehead atoms. The van der Waals surface area contributed by atoms with Crippen molar-refractivity contribution in [3.05, 3.63) is 71.8 Å². The Morgan fingerprint density at radius 3 is 2.12 bits per heavy atom. The van der Waals surface area contributed by atoms with Crippen LogP contribution in [0.3, 0.4) is 0 Å². The minimum absolute atomic E-state index is 0.0179. The Kier molecular flexibility index (Phi) is 7.83. The smallest absolute Gasteiger partial charge is 0.243 e. The molecule has 0 aliphatic carbocycles. The number of benzene rings is 2. The number of hydrogen-bond acceptors (Lipinski definition) is 3. The van der Waals surface area contributed by atoms with Gasteiger partial charge in [-0.1, -0.05) is 60.7 Å². The molecule has 1 unspecified atom stereocenters. The van der Waals surface area contributed by atoms with E-state index in [1.807, 2.05) is 60.7 Å². The number of nitrogens with one attached hydrogen (secondary N) is 1.